The summed E-state index contributed by atoms with van der Waals surface area (Å²) in [5, 5.41) is 0.252. The van der Waals surface area contributed by atoms with Crippen molar-refractivity contribution in [2.45, 2.75) is 6.92 Å². The molecule has 1 aliphatic heterocycles. The van der Waals surface area contributed by atoms with Crippen LogP contribution in [0.4, 0.5) is 5.69 Å². The van der Waals surface area contributed by atoms with Crippen LogP contribution in [-0.4, -0.2) is 25.6 Å². The van der Waals surface area contributed by atoms with E-state index in [9.17, 15) is 9.59 Å². The Balaban J connectivity index is 1.80. The molecule has 0 spiro atoms. The maximum atomic E-state index is 13.6. The van der Waals surface area contributed by atoms with Crippen LogP contribution >= 0.6 is 27.5 Å². The van der Waals surface area contributed by atoms with E-state index in [1.54, 1.807) is 23.1 Å². The van der Waals surface area contributed by atoms with Crippen molar-refractivity contribution in [2.24, 2.45) is 0 Å². The van der Waals surface area contributed by atoms with Crippen LogP contribution in [0.3, 0.4) is 0 Å². The number of benzene rings is 3. The van der Waals surface area contributed by atoms with E-state index in [4.69, 9.17) is 21.1 Å². The van der Waals surface area contributed by atoms with Gasteiger partial charge in [0.25, 0.3) is 5.91 Å². The molecule has 3 aromatic rings. The van der Waals surface area contributed by atoms with Gasteiger partial charge in [0.15, 0.2) is 0 Å². The fraction of sp³-hybridized carbons (Fsp3) is 0.111. The Morgan fingerprint density at radius 1 is 1.09 bits per heavy atom. The highest BCUT2D eigenvalue weighted by atomic mass is 79.9. The molecule has 0 saturated heterocycles. The highest BCUT2D eigenvalue weighted by Crippen LogP contribution is 2.37. The normalized spacial score (nSPS) is 14.4. The summed E-state index contributed by atoms with van der Waals surface area (Å²) in [4.78, 5) is 27.4. The Morgan fingerprint density at radius 2 is 1.85 bits per heavy atom. The second kappa shape index (κ2) is 10.3. The number of anilines is 1. The van der Waals surface area contributed by atoms with Crippen LogP contribution in [0.5, 0.6) is 5.75 Å². The van der Waals surface area contributed by atoms with Gasteiger partial charge in [-0.05, 0) is 76.5 Å². The number of nitrogens with zero attached hydrogens (tertiary/aromatic N) is 1. The minimum atomic E-state index is -0.571. The summed E-state index contributed by atoms with van der Waals surface area (Å²) >= 11 is 9.73. The molecule has 0 atom stereocenters. The van der Waals surface area contributed by atoms with Crippen molar-refractivity contribution >= 4 is 56.9 Å². The summed E-state index contributed by atoms with van der Waals surface area (Å²) < 4.78 is 11.2. The molecule has 1 amide bonds. The zero-order chi connectivity index (χ0) is 24.2. The maximum absolute atomic E-state index is 13.6. The van der Waals surface area contributed by atoms with Gasteiger partial charge < -0.3 is 9.47 Å². The number of ether oxygens (including phenoxy) is 2. The van der Waals surface area contributed by atoms with Gasteiger partial charge in [-0.25, -0.2) is 4.79 Å². The lowest BCUT2D eigenvalue weighted by atomic mass is 10.1. The molecule has 1 heterocycles. The van der Waals surface area contributed by atoms with E-state index in [2.05, 4.69) is 15.9 Å². The molecule has 0 saturated carbocycles. The standard InChI is InChI=1S/C27H21BrClNO4/c1-3-34-25-12-9-17(14-22(25)28)13-19-15-24(18-7-5-4-6-8-18)30(26(19)31)20-10-11-23(29)21(16-20)27(32)33-2/h4-16H,3H2,1-2H3/b19-13+. The smallest absolute Gasteiger partial charge is 0.339 e. The van der Waals surface area contributed by atoms with Crippen LogP contribution in [0.15, 0.2) is 82.9 Å². The van der Waals surface area contributed by atoms with Gasteiger partial charge in [0.2, 0.25) is 0 Å². The number of halogens is 2. The third-order valence-corrected chi connectivity index (χ3v) is 6.19. The molecule has 0 unspecified atom stereocenters. The average Bonchev–Trinajstić information content (AvgIpc) is 3.17. The van der Waals surface area contributed by atoms with E-state index in [0.29, 0.717) is 23.6 Å². The third-order valence-electron chi connectivity index (χ3n) is 5.24. The zero-order valence-corrected chi connectivity index (χ0v) is 20.9. The molecule has 0 fully saturated rings. The molecule has 0 bridgehead atoms. The summed E-state index contributed by atoms with van der Waals surface area (Å²) in [6, 6.07) is 20.1. The zero-order valence-electron chi connectivity index (χ0n) is 18.5. The van der Waals surface area contributed by atoms with E-state index >= 15 is 0 Å². The van der Waals surface area contributed by atoms with Crippen molar-refractivity contribution < 1.29 is 19.1 Å². The molecule has 34 heavy (non-hydrogen) atoms. The molecule has 0 N–H and O–H groups in total. The fourth-order valence-electron chi connectivity index (χ4n) is 3.67. The van der Waals surface area contributed by atoms with Crippen molar-refractivity contribution in [3.63, 3.8) is 0 Å². The first-order valence-electron chi connectivity index (χ1n) is 10.6. The number of hydrogen-bond acceptors (Lipinski definition) is 4. The molecule has 5 nitrogen and oxygen atoms in total. The monoisotopic (exact) mass is 537 g/mol. The Kier molecular flexibility index (Phi) is 7.20. The second-order valence-corrected chi connectivity index (χ2v) is 8.68. The minimum Gasteiger partial charge on any atom is -0.493 e. The van der Waals surface area contributed by atoms with Gasteiger partial charge in [-0.2, -0.15) is 0 Å². The number of carbonyl (C=O) groups is 2. The van der Waals surface area contributed by atoms with Crippen LogP contribution in [0.1, 0.15) is 28.4 Å². The molecular weight excluding hydrogens is 518 g/mol. The van der Waals surface area contributed by atoms with Gasteiger partial charge in [0.1, 0.15) is 5.75 Å². The molecule has 0 radical (unpaired) electrons. The lowest BCUT2D eigenvalue weighted by Gasteiger charge is -2.21. The van der Waals surface area contributed by atoms with Gasteiger partial charge in [0, 0.05) is 5.57 Å². The molecule has 3 aromatic carbocycles. The first kappa shape index (κ1) is 23.8. The Bertz CT molecular complexity index is 1320. The van der Waals surface area contributed by atoms with Gasteiger partial charge >= 0.3 is 5.97 Å². The van der Waals surface area contributed by atoms with Gasteiger partial charge in [-0.15, -0.1) is 0 Å². The molecule has 4 rings (SSSR count). The highest BCUT2D eigenvalue weighted by molar-refractivity contribution is 9.10. The highest BCUT2D eigenvalue weighted by Gasteiger charge is 2.31. The number of carbonyl (C=O) groups excluding carboxylic acids is 2. The fourth-order valence-corrected chi connectivity index (χ4v) is 4.38. The van der Waals surface area contributed by atoms with Crippen LogP contribution < -0.4 is 9.64 Å². The van der Waals surface area contributed by atoms with Crippen LogP contribution in [0.25, 0.3) is 11.8 Å². The first-order valence-corrected chi connectivity index (χ1v) is 11.7. The molecule has 7 heteroatoms. The van der Waals surface area contributed by atoms with Crippen LogP contribution in [-0.2, 0) is 9.53 Å². The van der Waals surface area contributed by atoms with Crippen molar-refractivity contribution in [1.29, 1.82) is 0 Å². The summed E-state index contributed by atoms with van der Waals surface area (Å²) in [6.45, 7) is 2.48. The summed E-state index contributed by atoms with van der Waals surface area (Å²) in [5.74, 6) is -0.0539. The lowest BCUT2D eigenvalue weighted by molar-refractivity contribution is -0.113. The number of hydrogen-bond donors (Lipinski definition) is 0. The third kappa shape index (κ3) is 4.79. The van der Waals surface area contributed by atoms with Gasteiger partial charge in [-0.1, -0.05) is 48.0 Å². The maximum Gasteiger partial charge on any atom is 0.339 e. The van der Waals surface area contributed by atoms with Crippen molar-refractivity contribution in [2.75, 3.05) is 18.6 Å². The first-order chi connectivity index (χ1) is 16.4. The minimum absolute atomic E-state index is 0.190. The van der Waals surface area contributed by atoms with Crippen LogP contribution in [0.2, 0.25) is 5.02 Å². The molecule has 1 aliphatic rings. The summed E-state index contributed by atoms with van der Waals surface area (Å²) in [7, 11) is 1.29. The largest absolute Gasteiger partial charge is 0.493 e. The predicted octanol–water partition coefficient (Wildman–Crippen LogP) is 6.76. The Labute approximate surface area is 211 Å². The van der Waals surface area contributed by atoms with Gasteiger partial charge in [-0.3, -0.25) is 9.69 Å². The van der Waals surface area contributed by atoms with E-state index in [0.717, 1.165) is 21.3 Å². The van der Waals surface area contributed by atoms with Crippen molar-refractivity contribution in [3.05, 3.63) is 105 Å². The van der Waals surface area contributed by atoms with Gasteiger partial charge in [0.05, 0.1) is 40.2 Å². The molecular formula is C27H21BrClNO4. The van der Waals surface area contributed by atoms with Crippen LogP contribution in [0, 0.1) is 0 Å². The lowest BCUT2D eigenvalue weighted by Crippen LogP contribution is -2.25. The SMILES string of the molecule is CCOc1ccc(/C=C2\C=C(c3ccccc3)N(c3ccc(Cl)c(C(=O)OC)c3)C2=O)cc1Br. The number of amides is 1. The average molecular weight is 539 g/mol. The topological polar surface area (TPSA) is 55.8 Å². The number of methoxy groups -OCH3 is 1. The molecule has 172 valence electrons. The van der Waals surface area contributed by atoms with E-state index < -0.39 is 5.97 Å². The summed E-state index contributed by atoms with van der Waals surface area (Å²) in [5.41, 5.74) is 3.61. The quantitative estimate of drug-likeness (QED) is 0.257. The van der Waals surface area contributed by atoms with E-state index in [1.165, 1.54) is 7.11 Å². The second-order valence-electron chi connectivity index (χ2n) is 7.41. The van der Waals surface area contributed by atoms with E-state index in [1.807, 2.05) is 67.6 Å². The van der Waals surface area contributed by atoms with E-state index in [-0.39, 0.29) is 16.5 Å². The number of esters is 1. The van der Waals surface area contributed by atoms with Crippen molar-refractivity contribution in [1.82, 2.24) is 0 Å². The Hall–Kier alpha value is -3.35. The summed E-state index contributed by atoms with van der Waals surface area (Å²) in [6.07, 6.45) is 3.66. The number of rotatable bonds is 6. The van der Waals surface area contributed by atoms with Crippen molar-refractivity contribution in [3.8, 4) is 5.75 Å². The Morgan fingerprint density at radius 3 is 2.53 bits per heavy atom. The molecule has 0 aliphatic carbocycles. The molecule has 0 aromatic heterocycles. The predicted molar refractivity (Wildman–Crippen MR) is 138 cm³/mol.